The van der Waals surface area contributed by atoms with Crippen molar-refractivity contribution in [3.63, 3.8) is 0 Å². The number of rotatable bonds is 6. The Labute approximate surface area is 225 Å². The fourth-order valence-electron chi connectivity index (χ4n) is 6.76. The molecule has 0 saturated carbocycles. The minimum atomic E-state index is -0.668. The molecule has 3 fully saturated rings. The zero-order valence-electron chi connectivity index (χ0n) is 22.5. The summed E-state index contributed by atoms with van der Waals surface area (Å²) in [6, 6.07) is 23.0. The van der Waals surface area contributed by atoms with Gasteiger partial charge in [0.1, 0.15) is 5.75 Å². The third-order valence-corrected chi connectivity index (χ3v) is 8.86. The van der Waals surface area contributed by atoms with E-state index >= 15 is 0 Å². The monoisotopic (exact) mass is 504 g/mol. The zero-order valence-corrected chi connectivity index (χ0v) is 22.5. The van der Waals surface area contributed by atoms with Crippen LogP contribution in [0.5, 0.6) is 5.75 Å². The summed E-state index contributed by atoms with van der Waals surface area (Å²) >= 11 is 0. The Morgan fingerprint density at radius 1 is 1.03 bits per heavy atom. The average molecular weight is 505 g/mol. The first-order valence-electron chi connectivity index (χ1n) is 13.7. The number of aliphatic hydroxyl groups is 1. The van der Waals surface area contributed by atoms with Gasteiger partial charge in [-0.05, 0) is 80.0 Å². The number of aryl methyl sites for hydroxylation is 2. The van der Waals surface area contributed by atoms with Gasteiger partial charge in [-0.15, -0.1) is 6.58 Å². The van der Waals surface area contributed by atoms with Crippen molar-refractivity contribution in [2.24, 2.45) is 11.8 Å². The molecule has 1 unspecified atom stereocenters. The number of piperidine rings is 3. The van der Waals surface area contributed by atoms with Crippen LogP contribution in [0.3, 0.4) is 0 Å². The Balaban J connectivity index is 1.66. The molecule has 0 aliphatic carbocycles. The lowest BCUT2D eigenvalue weighted by molar-refractivity contribution is -0.0443. The van der Waals surface area contributed by atoms with Gasteiger partial charge < -0.3 is 9.84 Å². The van der Waals surface area contributed by atoms with Crippen LogP contribution in [-0.2, 0) is 0 Å². The third-order valence-electron chi connectivity index (χ3n) is 8.86. The second-order valence-electron chi connectivity index (χ2n) is 11.0. The van der Waals surface area contributed by atoms with E-state index in [0.717, 1.165) is 75.2 Å². The van der Waals surface area contributed by atoms with Gasteiger partial charge in [0.25, 0.3) is 0 Å². The predicted octanol–water partition coefficient (Wildman–Crippen LogP) is 7.12. The summed E-state index contributed by atoms with van der Waals surface area (Å²) in [4.78, 5) is 7.75. The van der Waals surface area contributed by atoms with Crippen molar-refractivity contribution in [1.82, 2.24) is 9.88 Å². The molecule has 4 heterocycles. The van der Waals surface area contributed by atoms with Gasteiger partial charge in [-0.2, -0.15) is 0 Å². The van der Waals surface area contributed by atoms with Crippen molar-refractivity contribution in [3.05, 3.63) is 96.1 Å². The zero-order chi connectivity index (χ0) is 26.4. The molecule has 4 heteroatoms. The molecule has 3 aliphatic rings. The molecule has 3 aliphatic heterocycles. The lowest BCUT2D eigenvalue weighted by Crippen LogP contribution is -2.54. The summed E-state index contributed by atoms with van der Waals surface area (Å²) in [6.07, 6.45) is 3.59. The lowest BCUT2D eigenvalue weighted by atomic mass is 9.72. The van der Waals surface area contributed by atoms with Crippen LogP contribution in [0.2, 0.25) is 0 Å². The Morgan fingerprint density at radius 2 is 1.74 bits per heavy atom. The number of ether oxygens (including phenoxy) is 1. The lowest BCUT2D eigenvalue weighted by Gasteiger charge is -2.51. The smallest absolute Gasteiger partial charge is 0.119 e. The number of aromatic nitrogens is 1. The molecular formula is C34H36N2O2. The maximum absolute atomic E-state index is 12.4. The number of pyridine rings is 1. The van der Waals surface area contributed by atoms with Crippen molar-refractivity contribution < 1.29 is 9.84 Å². The molecule has 3 saturated heterocycles. The van der Waals surface area contributed by atoms with Crippen LogP contribution >= 0.6 is 0 Å². The summed E-state index contributed by atoms with van der Waals surface area (Å²) in [5.74, 6) is 1.83. The molecule has 5 atom stereocenters. The minimum absolute atomic E-state index is 0.0502. The number of aliphatic hydroxyl groups excluding tert-OH is 1. The highest BCUT2D eigenvalue weighted by Gasteiger charge is 2.43. The number of methoxy groups -OCH3 is 1. The average Bonchev–Trinajstić information content (AvgIpc) is 2.96. The van der Waals surface area contributed by atoms with Gasteiger partial charge in [0.2, 0.25) is 0 Å². The first-order valence-corrected chi connectivity index (χ1v) is 13.7. The molecule has 1 aromatic heterocycles. The second kappa shape index (κ2) is 10.0. The van der Waals surface area contributed by atoms with Gasteiger partial charge in [0.15, 0.2) is 0 Å². The Morgan fingerprint density at radius 3 is 2.37 bits per heavy atom. The highest BCUT2D eigenvalue weighted by atomic mass is 16.5. The summed E-state index contributed by atoms with van der Waals surface area (Å²) in [7, 11) is 1.69. The van der Waals surface area contributed by atoms with Crippen molar-refractivity contribution >= 4 is 10.9 Å². The Kier molecular flexibility index (Phi) is 6.55. The van der Waals surface area contributed by atoms with Crippen LogP contribution in [0.4, 0.5) is 0 Å². The van der Waals surface area contributed by atoms with Crippen LogP contribution in [0.15, 0.2) is 79.4 Å². The number of nitrogens with zero attached hydrogens (tertiary/aromatic N) is 2. The topological polar surface area (TPSA) is 45.6 Å². The summed E-state index contributed by atoms with van der Waals surface area (Å²) in [6.45, 7) is 10.4. The van der Waals surface area contributed by atoms with Gasteiger partial charge in [-0.3, -0.25) is 4.90 Å². The van der Waals surface area contributed by atoms with E-state index in [2.05, 4.69) is 79.9 Å². The molecule has 38 heavy (non-hydrogen) atoms. The number of benzene rings is 3. The summed E-state index contributed by atoms with van der Waals surface area (Å²) < 4.78 is 5.65. The first kappa shape index (κ1) is 24.8. The normalized spacial score (nSPS) is 23.4. The van der Waals surface area contributed by atoms with Gasteiger partial charge in [0.05, 0.1) is 24.4 Å². The fourth-order valence-corrected chi connectivity index (χ4v) is 6.76. The molecule has 2 bridgehead atoms. The van der Waals surface area contributed by atoms with E-state index in [1.54, 1.807) is 7.11 Å². The summed E-state index contributed by atoms with van der Waals surface area (Å²) in [5, 5.41) is 13.4. The largest absolute Gasteiger partial charge is 0.497 e. The minimum Gasteiger partial charge on any atom is -0.497 e. The van der Waals surface area contributed by atoms with Crippen LogP contribution in [0, 0.1) is 25.7 Å². The van der Waals surface area contributed by atoms with E-state index in [4.69, 9.17) is 9.72 Å². The Hall–Kier alpha value is -3.47. The van der Waals surface area contributed by atoms with E-state index in [0.29, 0.717) is 11.8 Å². The predicted molar refractivity (Wildman–Crippen MR) is 155 cm³/mol. The van der Waals surface area contributed by atoms with Crippen LogP contribution in [0.25, 0.3) is 33.3 Å². The standard InChI is InChI=1S/C34H36N2O2/c1-5-23-20-36-17-16-24(23)18-30(36)34(37)32-28-19-25(38-4)14-15-29(28)35-33(27-13-9-7-11-22(27)3)31(32)26-12-8-6-10-21(26)2/h5-15,19,23-24,30,34,37H,1,16-18,20H2,2-4H3/t23-,24-,30+,34+/m0/s1. The summed E-state index contributed by atoms with van der Waals surface area (Å²) in [5.41, 5.74) is 8.29. The van der Waals surface area contributed by atoms with Crippen LogP contribution in [-0.4, -0.2) is 41.2 Å². The highest BCUT2D eigenvalue weighted by molar-refractivity contribution is 5.97. The molecule has 0 radical (unpaired) electrons. The highest BCUT2D eigenvalue weighted by Crippen LogP contribution is 2.47. The maximum atomic E-state index is 12.4. The van der Waals surface area contributed by atoms with Crippen molar-refractivity contribution in [1.29, 1.82) is 0 Å². The first-order chi connectivity index (χ1) is 18.5. The molecule has 4 aromatic rings. The van der Waals surface area contributed by atoms with Gasteiger partial charge in [-0.1, -0.05) is 54.6 Å². The van der Waals surface area contributed by atoms with Crippen LogP contribution < -0.4 is 4.74 Å². The number of fused-ring (bicyclic) bond motifs is 4. The maximum Gasteiger partial charge on any atom is 0.119 e. The molecule has 0 spiro atoms. The molecule has 194 valence electrons. The quantitative estimate of drug-likeness (QED) is 0.284. The van der Waals surface area contributed by atoms with Crippen molar-refractivity contribution in [3.8, 4) is 28.1 Å². The number of hydrogen-bond donors (Lipinski definition) is 1. The molecule has 3 aromatic carbocycles. The molecule has 0 amide bonds. The third kappa shape index (κ3) is 4.13. The van der Waals surface area contributed by atoms with Crippen LogP contribution in [0.1, 0.15) is 35.6 Å². The fraction of sp³-hybridized carbons (Fsp3) is 0.324. The van der Waals surface area contributed by atoms with Crippen molar-refractivity contribution in [2.45, 2.75) is 38.8 Å². The van der Waals surface area contributed by atoms with Gasteiger partial charge in [-0.25, -0.2) is 4.98 Å². The number of hydrogen-bond acceptors (Lipinski definition) is 4. The van der Waals surface area contributed by atoms with Gasteiger partial charge >= 0.3 is 0 Å². The molecule has 1 N–H and O–H groups in total. The van der Waals surface area contributed by atoms with E-state index in [1.807, 2.05) is 18.2 Å². The van der Waals surface area contributed by atoms with E-state index in [1.165, 1.54) is 6.42 Å². The van der Waals surface area contributed by atoms with Gasteiger partial charge in [0, 0.05) is 34.7 Å². The van der Waals surface area contributed by atoms with E-state index in [-0.39, 0.29) is 6.04 Å². The van der Waals surface area contributed by atoms with E-state index in [9.17, 15) is 5.11 Å². The van der Waals surface area contributed by atoms with E-state index < -0.39 is 6.10 Å². The molecule has 4 nitrogen and oxygen atoms in total. The van der Waals surface area contributed by atoms with Crippen molar-refractivity contribution in [2.75, 3.05) is 20.2 Å². The molecule has 7 rings (SSSR count). The molecular weight excluding hydrogens is 468 g/mol. The Bertz CT molecular complexity index is 1510. The second-order valence-corrected chi connectivity index (χ2v) is 11.0. The SMILES string of the molecule is C=C[C@H]1CN2CC[C@H]1C[C@@H]2[C@@H](O)c1c(-c2ccccc2C)c(-c2ccccc2C)nc2ccc(OC)cc12.